The molecule has 4 nitrogen and oxygen atoms in total. The van der Waals surface area contributed by atoms with E-state index in [0.717, 1.165) is 20.3 Å². The van der Waals surface area contributed by atoms with Crippen molar-refractivity contribution in [3.63, 3.8) is 0 Å². The van der Waals surface area contributed by atoms with Gasteiger partial charge in [0.15, 0.2) is 0 Å². The van der Waals surface area contributed by atoms with Crippen LogP contribution in [-0.2, 0) is 5.75 Å². The molecular formula is C16H10ClN3OS3. The highest BCUT2D eigenvalue weighted by Gasteiger charge is 2.15. The summed E-state index contributed by atoms with van der Waals surface area (Å²) in [6.45, 7) is 0. The Balaban J connectivity index is 1.73. The molecule has 4 aromatic rings. The van der Waals surface area contributed by atoms with Crippen LogP contribution in [0.2, 0.25) is 5.02 Å². The van der Waals surface area contributed by atoms with Gasteiger partial charge in [0.05, 0.1) is 11.1 Å². The molecule has 0 amide bonds. The third kappa shape index (κ3) is 3.00. The molecule has 0 saturated heterocycles. The first kappa shape index (κ1) is 15.8. The zero-order valence-electron chi connectivity index (χ0n) is 12.2. The van der Waals surface area contributed by atoms with Crippen LogP contribution in [0, 0.1) is 0 Å². The molecule has 0 atom stereocenters. The standard InChI is InChI=1S/C16H10ClN3OS3/c17-11-4-2-1-3-9(11)10-7-23-15-13(10)14(21)19-12(20-15)8-24-16-18-5-6-22-16/h1-7H,8H2,(H,19,20,21). The Kier molecular flexibility index (Phi) is 4.41. The van der Waals surface area contributed by atoms with Crippen LogP contribution in [0.5, 0.6) is 0 Å². The number of hydrogen-bond acceptors (Lipinski definition) is 6. The van der Waals surface area contributed by atoms with Crippen LogP contribution in [0.15, 0.2) is 50.4 Å². The summed E-state index contributed by atoms with van der Waals surface area (Å²) < 4.78 is 0.959. The van der Waals surface area contributed by atoms with Crippen LogP contribution < -0.4 is 5.56 Å². The molecule has 0 bridgehead atoms. The van der Waals surface area contributed by atoms with Gasteiger partial charge in [-0.25, -0.2) is 9.97 Å². The normalized spacial score (nSPS) is 11.2. The number of thiophene rings is 1. The summed E-state index contributed by atoms with van der Waals surface area (Å²) in [6.07, 6.45) is 1.77. The molecule has 1 N–H and O–H groups in total. The van der Waals surface area contributed by atoms with E-state index in [1.807, 2.05) is 35.0 Å². The van der Waals surface area contributed by atoms with Gasteiger partial charge in [0, 0.05) is 33.1 Å². The van der Waals surface area contributed by atoms with Gasteiger partial charge in [-0.15, -0.1) is 22.7 Å². The Morgan fingerprint density at radius 1 is 1.21 bits per heavy atom. The highest BCUT2D eigenvalue weighted by Crippen LogP contribution is 2.35. The van der Waals surface area contributed by atoms with Crippen molar-refractivity contribution in [2.24, 2.45) is 0 Å². The zero-order valence-corrected chi connectivity index (χ0v) is 15.4. The van der Waals surface area contributed by atoms with Crippen LogP contribution in [0.25, 0.3) is 21.3 Å². The monoisotopic (exact) mass is 391 g/mol. The lowest BCUT2D eigenvalue weighted by Crippen LogP contribution is -2.10. The molecule has 4 rings (SSSR count). The lowest BCUT2D eigenvalue weighted by molar-refractivity contribution is 1.04. The molecule has 0 saturated carbocycles. The number of thiazole rings is 1. The Bertz CT molecular complexity index is 1060. The van der Waals surface area contributed by atoms with Gasteiger partial charge >= 0.3 is 0 Å². The molecule has 0 aliphatic carbocycles. The third-order valence-electron chi connectivity index (χ3n) is 3.40. The van der Waals surface area contributed by atoms with Crippen molar-refractivity contribution in [3.8, 4) is 11.1 Å². The molecule has 0 radical (unpaired) electrons. The average Bonchev–Trinajstić information content (AvgIpc) is 3.23. The number of thioether (sulfide) groups is 1. The van der Waals surface area contributed by atoms with Crippen LogP contribution in [0.3, 0.4) is 0 Å². The number of nitrogens with zero attached hydrogens (tertiary/aromatic N) is 2. The molecule has 24 heavy (non-hydrogen) atoms. The van der Waals surface area contributed by atoms with Crippen molar-refractivity contribution in [3.05, 3.63) is 62.4 Å². The van der Waals surface area contributed by atoms with E-state index in [-0.39, 0.29) is 5.56 Å². The minimum Gasteiger partial charge on any atom is -0.309 e. The fourth-order valence-electron chi connectivity index (χ4n) is 2.35. The topological polar surface area (TPSA) is 58.6 Å². The third-order valence-corrected chi connectivity index (χ3v) is 6.58. The van der Waals surface area contributed by atoms with Crippen LogP contribution in [0.4, 0.5) is 0 Å². The second-order valence-corrected chi connectivity index (χ2v) is 8.29. The quantitative estimate of drug-likeness (QED) is 0.494. The van der Waals surface area contributed by atoms with Crippen molar-refractivity contribution >= 4 is 56.3 Å². The minimum atomic E-state index is -0.133. The summed E-state index contributed by atoms with van der Waals surface area (Å²) in [4.78, 5) is 25.0. The first-order valence-electron chi connectivity index (χ1n) is 7.00. The van der Waals surface area contributed by atoms with E-state index in [1.165, 1.54) is 11.3 Å². The van der Waals surface area contributed by atoms with E-state index >= 15 is 0 Å². The fraction of sp³-hybridized carbons (Fsp3) is 0.0625. The van der Waals surface area contributed by atoms with Crippen molar-refractivity contribution < 1.29 is 0 Å². The first-order valence-corrected chi connectivity index (χ1v) is 10.1. The number of nitrogens with one attached hydrogen (secondary N) is 1. The Morgan fingerprint density at radius 2 is 2.08 bits per heavy atom. The summed E-state index contributed by atoms with van der Waals surface area (Å²) >= 11 is 10.9. The lowest BCUT2D eigenvalue weighted by Gasteiger charge is -2.03. The molecule has 0 fully saturated rings. The van der Waals surface area contributed by atoms with Crippen molar-refractivity contribution in [1.29, 1.82) is 0 Å². The summed E-state index contributed by atoms with van der Waals surface area (Å²) in [6, 6.07) is 7.51. The number of hydrogen-bond donors (Lipinski definition) is 1. The molecule has 120 valence electrons. The predicted octanol–water partition coefficient (Wildman–Crippen LogP) is 5.05. The maximum absolute atomic E-state index is 12.6. The number of aromatic amines is 1. The molecule has 0 spiro atoms. The Morgan fingerprint density at radius 3 is 2.88 bits per heavy atom. The second-order valence-electron chi connectivity index (χ2n) is 4.91. The maximum Gasteiger partial charge on any atom is 0.260 e. The second kappa shape index (κ2) is 6.68. The molecule has 0 aliphatic heterocycles. The Labute approximate surface area is 154 Å². The van der Waals surface area contributed by atoms with E-state index in [4.69, 9.17) is 11.6 Å². The number of benzene rings is 1. The Hall–Kier alpha value is -1.67. The fourth-order valence-corrected chi connectivity index (χ4v) is 5.05. The van der Waals surface area contributed by atoms with E-state index in [9.17, 15) is 4.79 Å². The SMILES string of the molecule is O=c1[nH]c(CSc2nccs2)nc2scc(-c3ccccc3Cl)c12. The van der Waals surface area contributed by atoms with E-state index in [2.05, 4.69) is 15.0 Å². The highest BCUT2D eigenvalue weighted by atomic mass is 35.5. The first-order chi connectivity index (χ1) is 11.7. The molecular weight excluding hydrogens is 382 g/mol. The number of fused-ring (bicyclic) bond motifs is 1. The number of halogens is 1. The van der Waals surface area contributed by atoms with E-state index < -0.39 is 0 Å². The molecule has 3 aromatic heterocycles. The molecule has 0 aliphatic rings. The molecule has 0 unspecified atom stereocenters. The highest BCUT2D eigenvalue weighted by molar-refractivity contribution is 8.00. The van der Waals surface area contributed by atoms with Gasteiger partial charge in [0.1, 0.15) is 15.0 Å². The molecule has 1 aromatic carbocycles. The number of aromatic nitrogens is 3. The maximum atomic E-state index is 12.6. The summed E-state index contributed by atoms with van der Waals surface area (Å²) in [7, 11) is 0. The van der Waals surface area contributed by atoms with Gasteiger partial charge in [-0.3, -0.25) is 4.79 Å². The molecule has 3 heterocycles. The van der Waals surface area contributed by atoms with Gasteiger partial charge in [-0.2, -0.15) is 0 Å². The van der Waals surface area contributed by atoms with Crippen molar-refractivity contribution in [2.45, 2.75) is 10.1 Å². The van der Waals surface area contributed by atoms with Gasteiger partial charge in [0.25, 0.3) is 5.56 Å². The molecule has 8 heteroatoms. The van der Waals surface area contributed by atoms with Gasteiger partial charge < -0.3 is 4.98 Å². The van der Waals surface area contributed by atoms with Gasteiger partial charge in [-0.1, -0.05) is 41.6 Å². The van der Waals surface area contributed by atoms with Crippen LogP contribution >= 0.6 is 46.0 Å². The number of H-pyrrole nitrogens is 1. The van der Waals surface area contributed by atoms with Gasteiger partial charge in [-0.05, 0) is 6.07 Å². The summed E-state index contributed by atoms with van der Waals surface area (Å²) in [5.41, 5.74) is 1.54. The predicted molar refractivity (Wildman–Crippen MR) is 102 cm³/mol. The number of rotatable bonds is 4. The van der Waals surface area contributed by atoms with E-state index in [1.54, 1.807) is 29.3 Å². The smallest absolute Gasteiger partial charge is 0.260 e. The van der Waals surface area contributed by atoms with Crippen LogP contribution in [0.1, 0.15) is 5.82 Å². The van der Waals surface area contributed by atoms with Crippen molar-refractivity contribution in [1.82, 2.24) is 15.0 Å². The lowest BCUT2D eigenvalue weighted by atomic mass is 10.1. The van der Waals surface area contributed by atoms with E-state index in [0.29, 0.717) is 22.0 Å². The summed E-state index contributed by atoms with van der Waals surface area (Å²) in [5, 5.41) is 5.08. The van der Waals surface area contributed by atoms with Crippen LogP contribution in [-0.4, -0.2) is 15.0 Å². The average molecular weight is 392 g/mol. The van der Waals surface area contributed by atoms with Gasteiger partial charge in [0.2, 0.25) is 0 Å². The zero-order chi connectivity index (χ0) is 16.5. The largest absolute Gasteiger partial charge is 0.309 e. The van der Waals surface area contributed by atoms with Crippen molar-refractivity contribution in [2.75, 3.05) is 0 Å². The minimum absolute atomic E-state index is 0.133. The summed E-state index contributed by atoms with van der Waals surface area (Å²) in [5.74, 6) is 1.23.